The van der Waals surface area contributed by atoms with Gasteiger partial charge in [0.2, 0.25) is 0 Å². The minimum absolute atomic E-state index is 0.00988. The van der Waals surface area contributed by atoms with Crippen molar-refractivity contribution in [2.45, 2.75) is 31.3 Å². The van der Waals surface area contributed by atoms with Crippen molar-refractivity contribution in [2.75, 3.05) is 0 Å². The Hall–Kier alpha value is -4.15. The molecule has 37 heavy (non-hydrogen) atoms. The number of carbonyl (C=O) groups is 3. The second-order valence-electron chi connectivity index (χ2n) is 10.0. The highest BCUT2D eigenvalue weighted by atomic mass is 16.3. The van der Waals surface area contributed by atoms with Crippen molar-refractivity contribution in [3.05, 3.63) is 131 Å². The summed E-state index contributed by atoms with van der Waals surface area (Å²) in [5, 5.41) is 9.33. The molecule has 6 rings (SSSR count). The molecule has 1 spiro atoms. The van der Waals surface area contributed by atoms with Crippen molar-refractivity contribution >= 4 is 17.3 Å². The summed E-state index contributed by atoms with van der Waals surface area (Å²) in [6.07, 6.45) is 0.320. The number of fused-ring (bicyclic) bond motifs is 1. The highest BCUT2D eigenvalue weighted by molar-refractivity contribution is 6.31. The maximum absolute atomic E-state index is 14.3. The molecule has 0 saturated heterocycles. The predicted octanol–water partition coefficient (Wildman–Crippen LogP) is 6.14. The van der Waals surface area contributed by atoms with Crippen LogP contribution < -0.4 is 0 Å². The Balaban J connectivity index is 1.49. The largest absolute Gasteiger partial charge is 0.392 e. The van der Waals surface area contributed by atoms with Crippen molar-refractivity contribution in [2.24, 2.45) is 5.41 Å². The van der Waals surface area contributed by atoms with Gasteiger partial charge in [0.05, 0.1) is 6.61 Å². The highest BCUT2D eigenvalue weighted by Crippen LogP contribution is 2.60. The molecule has 0 amide bonds. The van der Waals surface area contributed by atoms with Crippen LogP contribution in [0, 0.1) is 5.41 Å². The van der Waals surface area contributed by atoms with Crippen molar-refractivity contribution in [3.8, 4) is 11.1 Å². The molecule has 2 aliphatic rings. The van der Waals surface area contributed by atoms with Crippen molar-refractivity contribution in [1.82, 2.24) is 0 Å². The summed E-state index contributed by atoms with van der Waals surface area (Å²) in [7, 11) is 0. The van der Waals surface area contributed by atoms with E-state index < -0.39 is 17.3 Å². The Kier molecular flexibility index (Phi) is 5.69. The lowest BCUT2D eigenvalue weighted by Crippen LogP contribution is -2.49. The molecular weight excluding hydrogens is 460 g/mol. The standard InChI is InChI=1S/C33H26O4/c34-20-21-10-12-22(13-11-21)23-14-16-25(17-15-23)30-19-26(35)18-29(24-6-2-1-3-7-24)33(30)31(36)27-8-4-5-9-28(27)32(33)37/h1-17,29-30,34H,18-20H2/t29-,30+/m1/s1. The first kappa shape index (κ1) is 23.3. The smallest absolute Gasteiger partial charge is 0.178 e. The fraction of sp³-hybridized carbons (Fsp3) is 0.182. The molecule has 182 valence electrons. The van der Waals surface area contributed by atoms with Gasteiger partial charge >= 0.3 is 0 Å². The molecule has 0 unspecified atom stereocenters. The molecule has 0 bridgehead atoms. The zero-order valence-electron chi connectivity index (χ0n) is 20.3. The van der Waals surface area contributed by atoms with E-state index in [0.717, 1.165) is 27.8 Å². The van der Waals surface area contributed by atoms with Gasteiger partial charge < -0.3 is 5.11 Å². The Morgan fingerprint density at radius 2 is 1.05 bits per heavy atom. The SMILES string of the molecule is O=C1C[C@H](c2ccccc2)C2(C(=O)c3ccccc3C2=O)[C@H](c2ccc(-c3ccc(CO)cc3)cc2)C1. The van der Waals surface area contributed by atoms with Gasteiger partial charge in [0.1, 0.15) is 11.2 Å². The van der Waals surface area contributed by atoms with Gasteiger partial charge in [-0.05, 0) is 27.8 Å². The van der Waals surface area contributed by atoms with Crippen LogP contribution >= 0.6 is 0 Å². The molecule has 4 aromatic rings. The van der Waals surface area contributed by atoms with Gasteiger partial charge in [-0.25, -0.2) is 0 Å². The van der Waals surface area contributed by atoms with E-state index in [1.165, 1.54) is 0 Å². The summed E-state index contributed by atoms with van der Waals surface area (Å²) in [5.41, 5.74) is 4.03. The maximum Gasteiger partial charge on any atom is 0.178 e. The molecule has 4 aromatic carbocycles. The van der Waals surface area contributed by atoms with Gasteiger partial charge in [0.25, 0.3) is 0 Å². The zero-order chi connectivity index (χ0) is 25.6. The lowest BCUT2D eigenvalue weighted by atomic mass is 9.54. The van der Waals surface area contributed by atoms with Crippen LogP contribution in [0.1, 0.15) is 62.1 Å². The fourth-order valence-electron chi connectivity index (χ4n) is 6.32. The zero-order valence-corrected chi connectivity index (χ0v) is 20.3. The molecule has 1 fully saturated rings. The van der Waals surface area contributed by atoms with E-state index in [4.69, 9.17) is 0 Å². The molecule has 0 aliphatic heterocycles. The first-order valence-corrected chi connectivity index (χ1v) is 12.6. The Morgan fingerprint density at radius 3 is 1.57 bits per heavy atom. The van der Waals surface area contributed by atoms with Crippen molar-refractivity contribution in [1.29, 1.82) is 0 Å². The second kappa shape index (κ2) is 9.06. The monoisotopic (exact) mass is 486 g/mol. The first-order chi connectivity index (χ1) is 18.0. The van der Waals surface area contributed by atoms with E-state index in [2.05, 4.69) is 0 Å². The quantitative estimate of drug-likeness (QED) is 0.352. The predicted molar refractivity (Wildman–Crippen MR) is 142 cm³/mol. The van der Waals surface area contributed by atoms with E-state index in [9.17, 15) is 19.5 Å². The van der Waals surface area contributed by atoms with E-state index >= 15 is 0 Å². The van der Waals surface area contributed by atoms with Crippen LogP contribution in [0.5, 0.6) is 0 Å². The Bertz CT molecular complexity index is 1470. The van der Waals surface area contributed by atoms with Crippen LogP contribution in [0.2, 0.25) is 0 Å². The van der Waals surface area contributed by atoms with E-state index in [1.807, 2.05) is 78.9 Å². The third kappa shape index (κ3) is 3.59. The van der Waals surface area contributed by atoms with Crippen LogP contribution in [0.4, 0.5) is 0 Å². The Labute approximate surface area is 215 Å². The summed E-state index contributed by atoms with van der Waals surface area (Å²) >= 11 is 0. The van der Waals surface area contributed by atoms with E-state index in [1.54, 1.807) is 24.3 Å². The second-order valence-corrected chi connectivity index (χ2v) is 10.0. The number of benzene rings is 4. The van der Waals surface area contributed by atoms with Gasteiger partial charge in [-0.1, -0.05) is 103 Å². The highest BCUT2D eigenvalue weighted by Gasteiger charge is 2.64. The molecule has 0 aromatic heterocycles. The van der Waals surface area contributed by atoms with Crippen LogP contribution in [0.15, 0.2) is 103 Å². The van der Waals surface area contributed by atoms with Crippen LogP contribution in [0.3, 0.4) is 0 Å². The third-order valence-corrected chi connectivity index (χ3v) is 8.12. The van der Waals surface area contributed by atoms with Crippen LogP contribution in [0.25, 0.3) is 11.1 Å². The van der Waals surface area contributed by atoms with Crippen LogP contribution in [-0.4, -0.2) is 22.5 Å². The van der Waals surface area contributed by atoms with Gasteiger partial charge in [-0.2, -0.15) is 0 Å². The molecule has 0 radical (unpaired) electrons. The lowest BCUT2D eigenvalue weighted by Gasteiger charge is -2.44. The third-order valence-electron chi connectivity index (χ3n) is 8.12. The van der Waals surface area contributed by atoms with Crippen molar-refractivity contribution < 1.29 is 19.5 Å². The molecule has 2 atom stereocenters. The normalized spacial score (nSPS) is 20.3. The number of hydrogen-bond donors (Lipinski definition) is 1. The summed E-state index contributed by atoms with van der Waals surface area (Å²) in [6, 6.07) is 32.1. The number of ketones is 3. The Morgan fingerprint density at radius 1 is 0.595 bits per heavy atom. The van der Waals surface area contributed by atoms with Gasteiger partial charge in [-0.15, -0.1) is 0 Å². The van der Waals surface area contributed by atoms with Crippen molar-refractivity contribution in [3.63, 3.8) is 0 Å². The summed E-state index contributed by atoms with van der Waals surface area (Å²) in [5.74, 6) is -1.38. The summed E-state index contributed by atoms with van der Waals surface area (Å²) in [4.78, 5) is 41.7. The molecule has 4 nitrogen and oxygen atoms in total. The topological polar surface area (TPSA) is 71.4 Å². The van der Waals surface area contributed by atoms with E-state index in [-0.39, 0.29) is 36.8 Å². The minimum atomic E-state index is -1.36. The van der Waals surface area contributed by atoms with Crippen LogP contribution in [-0.2, 0) is 11.4 Å². The summed E-state index contributed by atoms with van der Waals surface area (Å²) < 4.78 is 0. The van der Waals surface area contributed by atoms with Gasteiger partial charge in [0.15, 0.2) is 11.6 Å². The number of aliphatic hydroxyl groups is 1. The number of Topliss-reactive ketones (excluding diaryl/α,β-unsaturated/α-hetero) is 3. The van der Waals surface area contributed by atoms with E-state index in [0.29, 0.717) is 11.1 Å². The first-order valence-electron chi connectivity index (χ1n) is 12.6. The number of aliphatic hydroxyl groups excluding tert-OH is 1. The molecule has 2 aliphatic carbocycles. The summed E-state index contributed by atoms with van der Waals surface area (Å²) in [6.45, 7) is -0.00988. The molecule has 1 N–H and O–H groups in total. The lowest BCUT2D eigenvalue weighted by molar-refractivity contribution is -0.122. The number of carbonyl (C=O) groups excluding carboxylic acids is 3. The van der Waals surface area contributed by atoms with Gasteiger partial charge in [0, 0.05) is 35.8 Å². The number of hydrogen-bond acceptors (Lipinski definition) is 4. The average molecular weight is 487 g/mol. The fourth-order valence-corrected chi connectivity index (χ4v) is 6.32. The average Bonchev–Trinajstić information content (AvgIpc) is 3.17. The molecular formula is C33H26O4. The molecule has 4 heteroatoms. The van der Waals surface area contributed by atoms with Gasteiger partial charge in [-0.3, -0.25) is 14.4 Å². The number of rotatable bonds is 4. The maximum atomic E-state index is 14.3. The minimum Gasteiger partial charge on any atom is -0.392 e. The molecule has 1 saturated carbocycles. The molecule has 0 heterocycles.